The molecular weight excluding hydrogens is 172 g/mol. The molecule has 2 heteroatoms. The predicted octanol–water partition coefficient (Wildman–Crippen LogP) is 1.22. The average molecular weight is 190 g/mol. The lowest BCUT2D eigenvalue weighted by molar-refractivity contribution is 0.575. The topological polar surface area (TPSA) is 38.0 Å². The molecule has 1 aromatic carbocycles. The molecule has 1 unspecified atom stereocenters. The highest BCUT2D eigenvalue weighted by Gasteiger charge is 2.14. The van der Waals surface area contributed by atoms with Gasteiger partial charge in [0.15, 0.2) is 0 Å². The fraction of sp³-hybridized carbons (Fsp3) is 0.500. The molecule has 0 bridgehead atoms. The van der Waals surface area contributed by atoms with Crippen LogP contribution in [0.3, 0.4) is 0 Å². The molecule has 0 heterocycles. The summed E-state index contributed by atoms with van der Waals surface area (Å²) in [5.74, 6) is 0. The Hall–Kier alpha value is -0.860. The minimum absolute atomic E-state index is 0.373. The third kappa shape index (κ3) is 1.97. The molecule has 0 aliphatic heterocycles. The highest BCUT2D eigenvalue weighted by atomic mass is 14.8. The molecule has 0 radical (unpaired) electrons. The lowest BCUT2D eigenvalue weighted by atomic mass is 9.88. The highest BCUT2D eigenvalue weighted by molar-refractivity contribution is 5.34. The molecule has 0 amide bonds. The van der Waals surface area contributed by atoms with Crippen molar-refractivity contribution < 1.29 is 0 Å². The van der Waals surface area contributed by atoms with E-state index in [9.17, 15) is 0 Å². The summed E-state index contributed by atoms with van der Waals surface area (Å²) in [7, 11) is 1.98. The van der Waals surface area contributed by atoms with Gasteiger partial charge in [0, 0.05) is 12.6 Å². The van der Waals surface area contributed by atoms with Crippen molar-refractivity contribution in [1.29, 1.82) is 0 Å². The Morgan fingerprint density at radius 3 is 3.07 bits per heavy atom. The first-order valence-electron chi connectivity index (χ1n) is 5.30. The first-order valence-corrected chi connectivity index (χ1v) is 5.30. The van der Waals surface area contributed by atoms with Crippen molar-refractivity contribution in [2.45, 2.75) is 31.8 Å². The molecule has 3 N–H and O–H groups in total. The molecule has 1 atom stereocenters. The molecule has 2 rings (SSSR count). The van der Waals surface area contributed by atoms with E-state index in [1.54, 1.807) is 0 Å². The lowest BCUT2D eigenvalue weighted by Gasteiger charge is -2.21. The van der Waals surface area contributed by atoms with Crippen molar-refractivity contribution >= 4 is 0 Å². The van der Waals surface area contributed by atoms with Gasteiger partial charge in [-0.25, -0.2) is 0 Å². The quantitative estimate of drug-likeness (QED) is 0.736. The largest absolute Gasteiger partial charge is 0.327 e. The van der Waals surface area contributed by atoms with E-state index in [1.807, 2.05) is 7.05 Å². The Morgan fingerprint density at radius 2 is 2.29 bits per heavy atom. The zero-order chi connectivity index (χ0) is 9.97. The molecule has 76 valence electrons. The number of hydrogen-bond donors (Lipinski definition) is 2. The molecule has 0 saturated heterocycles. The molecular formula is C12H18N2. The SMILES string of the molecule is CNCc1ccc2c(c1)CCC(N)C2. The van der Waals surface area contributed by atoms with Crippen molar-refractivity contribution in [3.8, 4) is 0 Å². The third-order valence-electron chi connectivity index (χ3n) is 2.92. The number of nitrogens with two attached hydrogens (primary N) is 1. The normalized spacial score (nSPS) is 20.6. The van der Waals surface area contributed by atoms with Crippen LogP contribution in [-0.4, -0.2) is 13.1 Å². The van der Waals surface area contributed by atoms with Crippen LogP contribution in [0, 0.1) is 0 Å². The summed E-state index contributed by atoms with van der Waals surface area (Å²) in [6, 6.07) is 7.13. The van der Waals surface area contributed by atoms with Crippen LogP contribution in [0.1, 0.15) is 23.1 Å². The lowest BCUT2D eigenvalue weighted by Crippen LogP contribution is -2.27. The van der Waals surface area contributed by atoms with Gasteiger partial charge in [-0.1, -0.05) is 18.2 Å². The molecule has 0 fully saturated rings. The summed E-state index contributed by atoms with van der Waals surface area (Å²) in [6.07, 6.45) is 3.33. The van der Waals surface area contributed by atoms with Gasteiger partial charge in [-0.15, -0.1) is 0 Å². The fourth-order valence-electron chi connectivity index (χ4n) is 2.15. The van der Waals surface area contributed by atoms with Crippen molar-refractivity contribution in [3.63, 3.8) is 0 Å². The number of nitrogens with one attached hydrogen (secondary N) is 1. The van der Waals surface area contributed by atoms with Gasteiger partial charge in [0.05, 0.1) is 0 Å². The van der Waals surface area contributed by atoms with Gasteiger partial charge >= 0.3 is 0 Å². The molecule has 1 aromatic rings. The first-order chi connectivity index (χ1) is 6.79. The Morgan fingerprint density at radius 1 is 1.43 bits per heavy atom. The van der Waals surface area contributed by atoms with Crippen molar-refractivity contribution in [2.75, 3.05) is 7.05 Å². The summed E-state index contributed by atoms with van der Waals surface area (Å²) >= 11 is 0. The molecule has 0 aromatic heterocycles. The maximum absolute atomic E-state index is 5.93. The predicted molar refractivity (Wildman–Crippen MR) is 59.2 cm³/mol. The van der Waals surface area contributed by atoms with E-state index in [0.29, 0.717) is 6.04 Å². The van der Waals surface area contributed by atoms with Crippen LogP contribution in [-0.2, 0) is 19.4 Å². The Bertz CT molecular complexity index is 320. The smallest absolute Gasteiger partial charge is 0.0202 e. The molecule has 1 aliphatic rings. The van der Waals surface area contributed by atoms with Crippen LogP contribution in [0.2, 0.25) is 0 Å². The van der Waals surface area contributed by atoms with E-state index in [4.69, 9.17) is 5.73 Å². The van der Waals surface area contributed by atoms with Gasteiger partial charge in [-0.2, -0.15) is 0 Å². The van der Waals surface area contributed by atoms with E-state index in [2.05, 4.69) is 23.5 Å². The first kappa shape index (κ1) is 9.69. The average Bonchev–Trinajstić information content (AvgIpc) is 2.19. The van der Waals surface area contributed by atoms with Crippen LogP contribution < -0.4 is 11.1 Å². The van der Waals surface area contributed by atoms with Crippen LogP contribution in [0.25, 0.3) is 0 Å². The van der Waals surface area contributed by atoms with Crippen molar-refractivity contribution in [3.05, 3.63) is 34.9 Å². The van der Waals surface area contributed by atoms with Gasteiger partial charge in [-0.3, -0.25) is 0 Å². The maximum Gasteiger partial charge on any atom is 0.0202 e. The number of benzene rings is 1. The minimum Gasteiger partial charge on any atom is -0.327 e. The second-order valence-corrected chi connectivity index (χ2v) is 4.14. The minimum atomic E-state index is 0.373. The molecule has 14 heavy (non-hydrogen) atoms. The van der Waals surface area contributed by atoms with E-state index < -0.39 is 0 Å². The van der Waals surface area contributed by atoms with E-state index >= 15 is 0 Å². The maximum atomic E-state index is 5.93. The van der Waals surface area contributed by atoms with Gasteiger partial charge in [0.25, 0.3) is 0 Å². The summed E-state index contributed by atoms with van der Waals surface area (Å²) in [5.41, 5.74) is 10.3. The zero-order valence-electron chi connectivity index (χ0n) is 8.72. The summed E-state index contributed by atoms with van der Waals surface area (Å²) in [5, 5.41) is 3.17. The van der Waals surface area contributed by atoms with E-state index in [1.165, 1.54) is 16.7 Å². The molecule has 0 spiro atoms. The van der Waals surface area contributed by atoms with E-state index in [-0.39, 0.29) is 0 Å². The highest BCUT2D eigenvalue weighted by Crippen LogP contribution is 2.21. The monoisotopic (exact) mass is 190 g/mol. The standard InChI is InChI=1S/C12H18N2/c1-14-8-9-2-3-11-7-12(13)5-4-10(11)6-9/h2-3,6,12,14H,4-5,7-8,13H2,1H3. The van der Waals surface area contributed by atoms with Gasteiger partial charge in [0.2, 0.25) is 0 Å². The van der Waals surface area contributed by atoms with Crippen molar-refractivity contribution in [2.24, 2.45) is 5.73 Å². The van der Waals surface area contributed by atoms with Crippen LogP contribution in [0.4, 0.5) is 0 Å². The Labute approximate surface area is 85.5 Å². The van der Waals surface area contributed by atoms with Gasteiger partial charge < -0.3 is 11.1 Å². The fourth-order valence-corrected chi connectivity index (χ4v) is 2.15. The van der Waals surface area contributed by atoms with Crippen LogP contribution >= 0.6 is 0 Å². The number of aryl methyl sites for hydroxylation is 1. The zero-order valence-corrected chi connectivity index (χ0v) is 8.72. The van der Waals surface area contributed by atoms with Crippen molar-refractivity contribution in [1.82, 2.24) is 5.32 Å². The summed E-state index contributed by atoms with van der Waals surface area (Å²) in [4.78, 5) is 0. The molecule has 0 saturated carbocycles. The second kappa shape index (κ2) is 4.11. The molecule has 2 nitrogen and oxygen atoms in total. The molecule has 1 aliphatic carbocycles. The second-order valence-electron chi connectivity index (χ2n) is 4.14. The number of rotatable bonds is 2. The van der Waals surface area contributed by atoms with Crippen LogP contribution in [0.5, 0.6) is 0 Å². The van der Waals surface area contributed by atoms with Gasteiger partial charge in [-0.05, 0) is 43.0 Å². The van der Waals surface area contributed by atoms with Crippen LogP contribution in [0.15, 0.2) is 18.2 Å². The number of fused-ring (bicyclic) bond motifs is 1. The Balaban J connectivity index is 2.22. The van der Waals surface area contributed by atoms with E-state index in [0.717, 1.165) is 25.8 Å². The summed E-state index contributed by atoms with van der Waals surface area (Å²) in [6.45, 7) is 0.958. The summed E-state index contributed by atoms with van der Waals surface area (Å²) < 4.78 is 0. The van der Waals surface area contributed by atoms with Gasteiger partial charge in [0.1, 0.15) is 0 Å². The Kier molecular flexibility index (Phi) is 2.85. The third-order valence-corrected chi connectivity index (χ3v) is 2.92. The number of hydrogen-bond acceptors (Lipinski definition) is 2.